The minimum atomic E-state index is -1.10. The molecule has 3 aromatic rings. The van der Waals surface area contributed by atoms with Gasteiger partial charge in [-0.25, -0.2) is 9.59 Å². The maximum absolute atomic E-state index is 12.8. The lowest BCUT2D eigenvalue weighted by molar-refractivity contribution is -0.142. The first-order chi connectivity index (χ1) is 15.5. The van der Waals surface area contributed by atoms with Gasteiger partial charge in [0.2, 0.25) is 0 Å². The summed E-state index contributed by atoms with van der Waals surface area (Å²) in [5, 5.41) is 9.77. The van der Waals surface area contributed by atoms with Gasteiger partial charge in [0, 0.05) is 19.4 Å². The fraction of sp³-hybridized carbons (Fsp3) is 0.231. The largest absolute Gasteiger partial charge is 0.496 e. The molecule has 0 aromatic heterocycles. The van der Waals surface area contributed by atoms with Gasteiger partial charge in [-0.15, -0.1) is 0 Å². The highest BCUT2D eigenvalue weighted by Gasteiger charge is 2.32. The highest BCUT2D eigenvalue weighted by molar-refractivity contribution is 5.81. The zero-order valence-corrected chi connectivity index (χ0v) is 18.0. The van der Waals surface area contributed by atoms with Crippen molar-refractivity contribution in [3.63, 3.8) is 0 Å². The quantitative estimate of drug-likeness (QED) is 0.593. The Bertz CT molecular complexity index is 1100. The monoisotopic (exact) mass is 431 g/mol. The number of amides is 1. The fourth-order valence-corrected chi connectivity index (χ4v) is 4.29. The number of hydrogen-bond acceptors (Lipinski definition) is 4. The number of rotatable bonds is 7. The smallest absolute Gasteiger partial charge is 0.410 e. The van der Waals surface area contributed by atoms with E-state index in [1.807, 2.05) is 48.5 Å². The lowest BCUT2D eigenvalue weighted by atomic mass is 9.98. The standard InChI is InChI=1S/C26H25NO5/c1-27(23(25(28)29)15-17-9-3-8-14-24(17)31-2)26(30)32-16-22-20-12-6-4-10-18(20)19-11-5-7-13-21(19)22/h3-14,22-23H,15-16H2,1-2H3,(H,28,29)/t23-/m1/s1. The third-order valence-corrected chi connectivity index (χ3v) is 5.98. The van der Waals surface area contributed by atoms with Crippen LogP contribution in [0.5, 0.6) is 5.75 Å². The number of nitrogens with zero attached hydrogens (tertiary/aromatic N) is 1. The fourth-order valence-electron chi connectivity index (χ4n) is 4.29. The van der Waals surface area contributed by atoms with Crippen LogP contribution >= 0.6 is 0 Å². The Morgan fingerprint density at radius 3 is 2.09 bits per heavy atom. The van der Waals surface area contributed by atoms with Crippen molar-refractivity contribution in [1.82, 2.24) is 4.90 Å². The van der Waals surface area contributed by atoms with Gasteiger partial charge in [0.1, 0.15) is 18.4 Å². The second-order valence-corrected chi connectivity index (χ2v) is 7.78. The van der Waals surface area contributed by atoms with E-state index < -0.39 is 18.1 Å². The van der Waals surface area contributed by atoms with E-state index in [9.17, 15) is 14.7 Å². The molecule has 0 radical (unpaired) electrons. The maximum Gasteiger partial charge on any atom is 0.410 e. The Morgan fingerprint density at radius 1 is 0.938 bits per heavy atom. The van der Waals surface area contributed by atoms with Crippen molar-refractivity contribution < 1.29 is 24.2 Å². The molecular weight excluding hydrogens is 406 g/mol. The summed E-state index contributed by atoms with van der Waals surface area (Å²) in [5.74, 6) is -0.608. The summed E-state index contributed by atoms with van der Waals surface area (Å²) in [6.45, 7) is 0.137. The Morgan fingerprint density at radius 2 is 1.50 bits per heavy atom. The summed E-state index contributed by atoms with van der Waals surface area (Å²) >= 11 is 0. The number of methoxy groups -OCH3 is 1. The Kier molecular flexibility index (Phi) is 6.12. The first kappa shape index (κ1) is 21.4. The average Bonchev–Trinajstić information content (AvgIpc) is 3.14. The molecule has 0 fully saturated rings. The molecular formula is C26H25NO5. The molecule has 6 heteroatoms. The third-order valence-electron chi connectivity index (χ3n) is 5.98. The van der Waals surface area contributed by atoms with E-state index in [1.165, 1.54) is 14.2 Å². The average molecular weight is 431 g/mol. The van der Waals surface area contributed by atoms with Crippen molar-refractivity contribution >= 4 is 12.1 Å². The van der Waals surface area contributed by atoms with Crippen molar-refractivity contribution in [3.05, 3.63) is 89.5 Å². The van der Waals surface area contributed by atoms with E-state index in [0.717, 1.165) is 27.2 Å². The van der Waals surface area contributed by atoms with E-state index in [4.69, 9.17) is 9.47 Å². The molecule has 1 amide bonds. The lowest BCUT2D eigenvalue weighted by Gasteiger charge is -2.25. The molecule has 0 unspecified atom stereocenters. The molecule has 0 aliphatic heterocycles. The number of likely N-dealkylation sites (N-methyl/N-ethyl adjacent to an activating group) is 1. The van der Waals surface area contributed by atoms with Gasteiger partial charge >= 0.3 is 12.1 Å². The van der Waals surface area contributed by atoms with Crippen LogP contribution in [0.2, 0.25) is 0 Å². The van der Waals surface area contributed by atoms with E-state index in [1.54, 1.807) is 12.1 Å². The summed E-state index contributed by atoms with van der Waals surface area (Å²) in [4.78, 5) is 25.9. The number of aliphatic carboxylic acids is 1. The number of ether oxygens (including phenoxy) is 2. The number of carbonyl (C=O) groups is 2. The van der Waals surface area contributed by atoms with Crippen LogP contribution in [0.25, 0.3) is 11.1 Å². The van der Waals surface area contributed by atoms with Crippen LogP contribution in [0, 0.1) is 0 Å². The first-order valence-corrected chi connectivity index (χ1v) is 10.4. The Balaban J connectivity index is 1.49. The molecule has 0 heterocycles. The van der Waals surface area contributed by atoms with E-state index in [2.05, 4.69) is 12.1 Å². The zero-order chi connectivity index (χ0) is 22.7. The molecule has 1 N–H and O–H groups in total. The molecule has 1 atom stereocenters. The van der Waals surface area contributed by atoms with Crippen LogP contribution < -0.4 is 4.74 Å². The number of benzene rings is 3. The number of hydrogen-bond donors (Lipinski definition) is 1. The van der Waals surface area contributed by atoms with E-state index in [-0.39, 0.29) is 18.9 Å². The molecule has 6 nitrogen and oxygen atoms in total. The van der Waals surface area contributed by atoms with Crippen molar-refractivity contribution in [1.29, 1.82) is 0 Å². The predicted octanol–water partition coefficient (Wildman–Crippen LogP) is 4.57. The van der Waals surface area contributed by atoms with Crippen LogP contribution in [0.4, 0.5) is 4.79 Å². The number of para-hydroxylation sites is 1. The zero-order valence-electron chi connectivity index (χ0n) is 18.0. The lowest BCUT2D eigenvalue weighted by Crippen LogP contribution is -2.44. The van der Waals surface area contributed by atoms with Crippen LogP contribution in [-0.4, -0.2) is 48.9 Å². The van der Waals surface area contributed by atoms with Crippen LogP contribution in [-0.2, 0) is 16.0 Å². The van der Waals surface area contributed by atoms with Gasteiger partial charge in [-0.2, -0.15) is 0 Å². The molecule has 0 spiro atoms. The van der Waals surface area contributed by atoms with Crippen LogP contribution in [0.1, 0.15) is 22.6 Å². The normalized spacial score (nSPS) is 13.1. The number of fused-ring (bicyclic) bond motifs is 3. The number of carbonyl (C=O) groups excluding carboxylic acids is 1. The molecule has 0 bridgehead atoms. The Labute approximate surface area is 187 Å². The Hall–Kier alpha value is -3.80. The van der Waals surface area contributed by atoms with E-state index in [0.29, 0.717) is 11.3 Å². The summed E-state index contributed by atoms with van der Waals surface area (Å²) < 4.78 is 10.9. The van der Waals surface area contributed by atoms with Gasteiger partial charge in [-0.1, -0.05) is 66.7 Å². The van der Waals surface area contributed by atoms with Crippen LogP contribution in [0.15, 0.2) is 72.8 Å². The third kappa shape index (κ3) is 4.04. The van der Waals surface area contributed by atoms with Crippen molar-refractivity contribution in [2.45, 2.75) is 18.4 Å². The van der Waals surface area contributed by atoms with Gasteiger partial charge in [-0.3, -0.25) is 4.90 Å². The highest BCUT2D eigenvalue weighted by atomic mass is 16.6. The highest BCUT2D eigenvalue weighted by Crippen LogP contribution is 2.44. The predicted molar refractivity (Wildman–Crippen MR) is 121 cm³/mol. The summed E-state index contributed by atoms with van der Waals surface area (Å²) in [6, 6.07) is 22.2. The second kappa shape index (κ2) is 9.14. The number of carboxylic acids is 1. The van der Waals surface area contributed by atoms with E-state index >= 15 is 0 Å². The molecule has 1 aliphatic rings. The van der Waals surface area contributed by atoms with Crippen molar-refractivity contribution in [2.75, 3.05) is 20.8 Å². The SMILES string of the molecule is COc1ccccc1C[C@H](C(=O)O)N(C)C(=O)OCC1c2ccccc2-c2ccccc21. The topological polar surface area (TPSA) is 76.1 Å². The molecule has 4 rings (SSSR count). The van der Waals surface area contributed by atoms with Gasteiger partial charge < -0.3 is 14.6 Å². The maximum atomic E-state index is 12.8. The summed E-state index contributed by atoms with van der Waals surface area (Å²) in [6.07, 6.45) is -0.561. The summed E-state index contributed by atoms with van der Waals surface area (Å²) in [7, 11) is 2.98. The van der Waals surface area contributed by atoms with Crippen LogP contribution in [0.3, 0.4) is 0 Å². The molecule has 0 saturated carbocycles. The van der Waals surface area contributed by atoms with Gasteiger partial charge in [0.15, 0.2) is 0 Å². The van der Waals surface area contributed by atoms with Gasteiger partial charge in [0.05, 0.1) is 7.11 Å². The van der Waals surface area contributed by atoms with Gasteiger partial charge in [0.25, 0.3) is 0 Å². The molecule has 0 saturated heterocycles. The van der Waals surface area contributed by atoms with Gasteiger partial charge in [-0.05, 0) is 33.9 Å². The van der Waals surface area contributed by atoms with Crippen molar-refractivity contribution in [3.8, 4) is 16.9 Å². The molecule has 32 heavy (non-hydrogen) atoms. The molecule has 1 aliphatic carbocycles. The number of carboxylic acid groups (broad SMARTS) is 1. The second-order valence-electron chi connectivity index (χ2n) is 7.78. The van der Waals surface area contributed by atoms with Crippen molar-refractivity contribution in [2.24, 2.45) is 0 Å². The molecule has 3 aromatic carbocycles. The molecule has 164 valence electrons. The first-order valence-electron chi connectivity index (χ1n) is 10.4. The minimum Gasteiger partial charge on any atom is -0.496 e. The summed E-state index contributed by atoms with van der Waals surface area (Å²) in [5.41, 5.74) is 5.19. The minimum absolute atomic E-state index is 0.0859.